The molecule has 208 valence electrons. The molecule has 2 atom stereocenters. The first-order chi connectivity index (χ1) is 15.7. The van der Waals surface area contributed by atoms with Crippen LogP contribution in [0.2, 0.25) is 0 Å². The van der Waals surface area contributed by atoms with Crippen LogP contribution in [0.3, 0.4) is 0 Å². The van der Waals surface area contributed by atoms with E-state index in [0.717, 1.165) is 17.4 Å². The van der Waals surface area contributed by atoms with Crippen molar-refractivity contribution >= 4 is 11.7 Å². The molecule has 0 aliphatic rings. The molecule has 5 nitrogen and oxygen atoms in total. The van der Waals surface area contributed by atoms with E-state index in [0.29, 0.717) is 12.3 Å². The van der Waals surface area contributed by atoms with Crippen LogP contribution in [0.4, 0.5) is 80.5 Å². The van der Waals surface area contributed by atoms with E-state index in [-0.39, 0.29) is 0 Å². The van der Waals surface area contributed by atoms with Gasteiger partial charge in [-0.15, -0.1) is 0 Å². The SMILES string of the molecule is O=C(Nc1ccccn1)[C@@](F)(OC(F)(F)[C@](F)(OC(F)(F)C(F)(F)C(F)(F)F)C(F)(F)F)C(F)(F)F. The van der Waals surface area contributed by atoms with Gasteiger partial charge in [-0.05, 0) is 12.1 Å². The summed E-state index contributed by atoms with van der Waals surface area (Å²) in [5.74, 6) is -27.5. The summed E-state index contributed by atoms with van der Waals surface area (Å²) in [5.41, 5.74) is 0. The quantitative estimate of drug-likeness (QED) is 0.395. The van der Waals surface area contributed by atoms with Crippen molar-refractivity contribution in [3.8, 4) is 0 Å². The normalized spacial score (nSPS) is 17.8. The molecule has 0 saturated carbocycles. The minimum absolute atomic E-state index is 0.519. The Balaban J connectivity index is 3.61. The Morgan fingerprint density at radius 3 is 1.53 bits per heavy atom. The lowest BCUT2D eigenvalue weighted by atomic mass is 10.2. The molecule has 0 saturated heterocycles. The third kappa shape index (κ3) is 5.52. The van der Waals surface area contributed by atoms with Crippen LogP contribution >= 0.6 is 0 Å². The van der Waals surface area contributed by atoms with Gasteiger partial charge in [-0.3, -0.25) is 14.3 Å². The maximum atomic E-state index is 14.3. The topological polar surface area (TPSA) is 60.5 Å². The zero-order valence-corrected chi connectivity index (χ0v) is 15.9. The molecule has 0 bridgehead atoms. The summed E-state index contributed by atoms with van der Waals surface area (Å²) < 4.78 is 225. The number of carbonyl (C=O) groups excluding carboxylic acids is 1. The Morgan fingerprint density at radius 2 is 1.17 bits per heavy atom. The fraction of sp³-hybridized carbons (Fsp3) is 0.571. The third-order valence-corrected chi connectivity index (χ3v) is 3.56. The van der Waals surface area contributed by atoms with Crippen LogP contribution in [0.25, 0.3) is 0 Å². The predicted octanol–water partition coefficient (Wildman–Crippen LogP) is 5.89. The van der Waals surface area contributed by atoms with E-state index in [1.807, 2.05) is 4.74 Å². The number of ether oxygens (including phenoxy) is 2. The van der Waals surface area contributed by atoms with Crippen LogP contribution < -0.4 is 5.32 Å². The molecule has 1 amide bonds. The van der Waals surface area contributed by atoms with Crippen molar-refractivity contribution < 1.29 is 88.9 Å². The van der Waals surface area contributed by atoms with Crippen molar-refractivity contribution in [2.75, 3.05) is 5.32 Å². The highest BCUT2D eigenvalue weighted by atomic mass is 19.4. The van der Waals surface area contributed by atoms with Gasteiger partial charge in [0.2, 0.25) is 0 Å². The first-order valence-corrected chi connectivity index (χ1v) is 8.00. The van der Waals surface area contributed by atoms with Gasteiger partial charge in [0.05, 0.1) is 0 Å². The number of hydrogen-bond donors (Lipinski definition) is 1. The fourth-order valence-corrected chi connectivity index (χ4v) is 1.80. The molecule has 1 rings (SSSR count). The highest BCUT2D eigenvalue weighted by Crippen LogP contribution is 2.56. The molecule has 22 heteroatoms. The van der Waals surface area contributed by atoms with E-state index in [9.17, 15) is 79.4 Å². The fourth-order valence-electron chi connectivity index (χ4n) is 1.80. The Bertz CT molecular complexity index is 929. The van der Waals surface area contributed by atoms with E-state index in [1.54, 1.807) is 0 Å². The Hall–Kier alpha value is -2.65. The first kappa shape index (κ1) is 31.4. The van der Waals surface area contributed by atoms with Gasteiger partial charge < -0.3 is 5.32 Å². The zero-order chi connectivity index (χ0) is 28.8. The number of amides is 1. The second-order valence-electron chi connectivity index (χ2n) is 6.16. The van der Waals surface area contributed by atoms with Gasteiger partial charge in [-0.1, -0.05) is 6.07 Å². The van der Waals surface area contributed by atoms with Crippen molar-refractivity contribution in [2.45, 2.75) is 48.4 Å². The molecular formula is C14H5F17N2O3. The number of carbonyl (C=O) groups is 1. The predicted molar refractivity (Wildman–Crippen MR) is 75.7 cm³/mol. The van der Waals surface area contributed by atoms with E-state index in [4.69, 9.17) is 0 Å². The molecule has 0 unspecified atom stereocenters. The van der Waals surface area contributed by atoms with Gasteiger partial charge in [-0.2, -0.15) is 74.6 Å². The molecule has 1 aromatic rings. The monoisotopic (exact) mass is 572 g/mol. The second kappa shape index (κ2) is 9.03. The summed E-state index contributed by atoms with van der Waals surface area (Å²) >= 11 is 0. The lowest BCUT2D eigenvalue weighted by molar-refractivity contribution is -0.548. The summed E-state index contributed by atoms with van der Waals surface area (Å²) in [5, 5.41) is 0.729. The van der Waals surface area contributed by atoms with Crippen molar-refractivity contribution in [3.63, 3.8) is 0 Å². The minimum Gasteiger partial charge on any atom is -0.305 e. The van der Waals surface area contributed by atoms with E-state index in [1.165, 1.54) is 4.74 Å². The van der Waals surface area contributed by atoms with Crippen LogP contribution in [0.1, 0.15) is 0 Å². The van der Waals surface area contributed by atoms with Crippen LogP contribution in [-0.4, -0.2) is 59.3 Å². The molecule has 0 aliphatic carbocycles. The summed E-state index contributed by atoms with van der Waals surface area (Å²) in [6.07, 6.45) is -38.0. The molecule has 0 radical (unpaired) electrons. The molecule has 0 fully saturated rings. The Kier molecular flexibility index (Phi) is 7.87. The third-order valence-electron chi connectivity index (χ3n) is 3.56. The number of alkyl halides is 17. The summed E-state index contributed by atoms with van der Waals surface area (Å²) in [7, 11) is 0. The highest BCUT2D eigenvalue weighted by molar-refractivity contribution is 5.96. The van der Waals surface area contributed by atoms with Gasteiger partial charge in [-0.25, -0.2) is 4.98 Å². The van der Waals surface area contributed by atoms with Crippen molar-refractivity contribution in [2.24, 2.45) is 0 Å². The summed E-state index contributed by atoms with van der Waals surface area (Å²) in [6, 6.07) is 2.37. The molecule has 0 spiro atoms. The summed E-state index contributed by atoms with van der Waals surface area (Å²) in [6.45, 7) is 0. The molecule has 1 N–H and O–H groups in total. The van der Waals surface area contributed by atoms with Gasteiger partial charge in [0, 0.05) is 6.20 Å². The standard InChI is InChI=1S/C14H5F17N2O3/c15-7(10(19,20)21,6(34)33-5-3-1-2-4-32-5)35-14(30,31)9(18,12(25,26)27)36-13(28,29)8(16,17)11(22,23)24/h1-4H,(H,32,33,34)/t7-,9-/m1/s1. The number of rotatable bonds is 8. The molecule has 1 aromatic heterocycles. The second-order valence-corrected chi connectivity index (χ2v) is 6.16. The van der Waals surface area contributed by atoms with E-state index < -0.39 is 60.1 Å². The Morgan fingerprint density at radius 1 is 0.667 bits per heavy atom. The first-order valence-electron chi connectivity index (χ1n) is 8.00. The maximum Gasteiger partial charge on any atom is 0.462 e. The minimum atomic E-state index is -8.06. The Labute approximate surface area is 185 Å². The van der Waals surface area contributed by atoms with Gasteiger partial charge in [0.15, 0.2) is 0 Å². The number of hydrogen-bond acceptors (Lipinski definition) is 4. The van der Waals surface area contributed by atoms with Gasteiger partial charge in [0.25, 0.3) is 0 Å². The zero-order valence-electron chi connectivity index (χ0n) is 15.9. The van der Waals surface area contributed by atoms with Crippen LogP contribution in [-0.2, 0) is 14.3 Å². The molecule has 1 heterocycles. The lowest BCUT2D eigenvalue weighted by Crippen LogP contribution is -2.68. The van der Waals surface area contributed by atoms with Crippen LogP contribution in [0, 0.1) is 0 Å². The molecular weight excluding hydrogens is 567 g/mol. The molecule has 0 aliphatic heterocycles. The highest BCUT2D eigenvalue weighted by Gasteiger charge is 2.85. The van der Waals surface area contributed by atoms with Crippen LogP contribution in [0.15, 0.2) is 24.4 Å². The number of halogens is 17. The average molecular weight is 572 g/mol. The number of anilines is 1. The number of nitrogens with one attached hydrogen (secondary N) is 1. The number of aromatic nitrogens is 1. The smallest absolute Gasteiger partial charge is 0.305 e. The maximum absolute atomic E-state index is 14.3. The van der Waals surface area contributed by atoms with E-state index in [2.05, 4.69) is 4.98 Å². The number of pyridine rings is 1. The van der Waals surface area contributed by atoms with Crippen molar-refractivity contribution in [1.29, 1.82) is 0 Å². The van der Waals surface area contributed by atoms with Gasteiger partial charge in [0.1, 0.15) is 5.82 Å². The van der Waals surface area contributed by atoms with Crippen molar-refractivity contribution in [3.05, 3.63) is 24.4 Å². The molecule has 36 heavy (non-hydrogen) atoms. The average Bonchev–Trinajstić information content (AvgIpc) is 2.65. The summed E-state index contributed by atoms with van der Waals surface area (Å²) in [4.78, 5) is 14.6. The lowest BCUT2D eigenvalue weighted by Gasteiger charge is -2.40. The van der Waals surface area contributed by atoms with Gasteiger partial charge >= 0.3 is 54.3 Å². The van der Waals surface area contributed by atoms with Crippen molar-refractivity contribution in [1.82, 2.24) is 4.98 Å². The largest absolute Gasteiger partial charge is 0.462 e. The molecule has 0 aromatic carbocycles. The van der Waals surface area contributed by atoms with E-state index >= 15 is 0 Å². The number of nitrogens with zero attached hydrogens (tertiary/aromatic N) is 1. The van der Waals surface area contributed by atoms with Crippen LogP contribution in [0.5, 0.6) is 0 Å².